The van der Waals surface area contributed by atoms with E-state index in [1.165, 1.54) is 12.1 Å². The number of hydrogen-bond donors (Lipinski definition) is 1. The van der Waals surface area contributed by atoms with Crippen LogP contribution in [0.4, 0.5) is 4.39 Å². The molecule has 0 fully saturated rings. The Labute approximate surface area is 110 Å². The molecule has 4 heteroatoms. The van der Waals surface area contributed by atoms with Gasteiger partial charge in [0.25, 0.3) is 0 Å². The molecule has 3 nitrogen and oxygen atoms in total. The quantitative estimate of drug-likeness (QED) is 0.902. The zero-order valence-corrected chi connectivity index (χ0v) is 10.4. The fourth-order valence-electron chi connectivity index (χ4n) is 2.85. The van der Waals surface area contributed by atoms with Crippen LogP contribution in [0.3, 0.4) is 0 Å². The molecule has 2 aromatic rings. The normalized spacial score (nSPS) is 14.4. The molecule has 0 bridgehead atoms. The lowest BCUT2D eigenvalue weighted by molar-refractivity contribution is -0.136. The molecule has 0 radical (unpaired) electrons. The number of halogens is 1. The molecule has 0 saturated heterocycles. The van der Waals surface area contributed by atoms with Gasteiger partial charge in [0.05, 0.1) is 11.9 Å². The third-order valence-corrected chi connectivity index (χ3v) is 3.67. The van der Waals surface area contributed by atoms with Crippen LogP contribution in [-0.4, -0.2) is 16.1 Å². The van der Waals surface area contributed by atoms with Crippen molar-refractivity contribution in [1.29, 1.82) is 0 Å². The second-order valence-corrected chi connectivity index (χ2v) is 4.95. The highest BCUT2D eigenvalue weighted by Crippen LogP contribution is 2.30. The molecule has 1 N–H and O–H groups in total. The highest BCUT2D eigenvalue weighted by atomic mass is 19.1. The first-order valence-corrected chi connectivity index (χ1v) is 6.47. The Hall–Kier alpha value is -1.97. The van der Waals surface area contributed by atoms with Crippen molar-refractivity contribution in [3.63, 3.8) is 0 Å². The number of nitrogens with zero attached hydrogens (tertiary/aromatic N) is 1. The zero-order chi connectivity index (χ0) is 13.4. The van der Waals surface area contributed by atoms with E-state index in [1.54, 1.807) is 6.07 Å². The number of rotatable bonds is 2. The van der Waals surface area contributed by atoms with Gasteiger partial charge in [-0.15, -0.1) is 0 Å². The number of hydrogen-bond acceptors (Lipinski definition) is 2. The van der Waals surface area contributed by atoms with Gasteiger partial charge in [0.2, 0.25) is 0 Å². The van der Waals surface area contributed by atoms with Crippen molar-refractivity contribution in [3.8, 4) is 0 Å². The molecule has 1 aromatic carbocycles. The second kappa shape index (κ2) is 4.61. The van der Waals surface area contributed by atoms with Crippen LogP contribution < -0.4 is 0 Å². The predicted octanol–water partition coefficient (Wildman–Crippen LogP) is 2.88. The van der Waals surface area contributed by atoms with Crippen LogP contribution in [-0.2, 0) is 24.1 Å². The van der Waals surface area contributed by atoms with E-state index in [0.717, 1.165) is 42.5 Å². The summed E-state index contributed by atoms with van der Waals surface area (Å²) in [4.78, 5) is 15.6. The van der Waals surface area contributed by atoms with E-state index >= 15 is 0 Å². The van der Waals surface area contributed by atoms with E-state index in [1.807, 2.05) is 0 Å². The smallest absolute Gasteiger partial charge is 0.307 e. The molecule has 0 atom stereocenters. The molecule has 1 aliphatic rings. The van der Waals surface area contributed by atoms with Crippen molar-refractivity contribution in [2.75, 3.05) is 0 Å². The molecular weight excluding hydrogens is 245 g/mol. The summed E-state index contributed by atoms with van der Waals surface area (Å²) in [5, 5.41) is 9.72. The molecule has 0 spiro atoms. The first-order valence-electron chi connectivity index (χ1n) is 6.47. The summed E-state index contributed by atoms with van der Waals surface area (Å²) in [6.45, 7) is 0. The van der Waals surface area contributed by atoms with Gasteiger partial charge in [0.15, 0.2) is 0 Å². The fraction of sp³-hybridized carbons (Fsp3) is 0.333. The number of aryl methyl sites for hydroxylation is 1. The zero-order valence-electron chi connectivity index (χ0n) is 10.4. The van der Waals surface area contributed by atoms with Gasteiger partial charge in [0, 0.05) is 11.1 Å². The number of benzene rings is 1. The number of fused-ring (bicyclic) bond motifs is 2. The van der Waals surface area contributed by atoms with Crippen molar-refractivity contribution in [1.82, 2.24) is 4.98 Å². The highest BCUT2D eigenvalue weighted by Gasteiger charge is 2.19. The summed E-state index contributed by atoms with van der Waals surface area (Å²) < 4.78 is 13.4. The molecule has 1 heterocycles. The van der Waals surface area contributed by atoms with Crippen molar-refractivity contribution in [2.24, 2.45) is 0 Å². The fourth-order valence-corrected chi connectivity index (χ4v) is 2.85. The molecule has 0 amide bonds. The molecular formula is C15H14FNO2. The topological polar surface area (TPSA) is 50.2 Å². The Bertz CT molecular complexity index is 667. The maximum Gasteiger partial charge on any atom is 0.307 e. The van der Waals surface area contributed by atoms with Gasteiger partial charge in [-0.1, -0.05) is 0 Å². The van der Waals surface area contributed by atoms with Gasteiger partial charge in [-0.2, -0.15) is 0 Å². The molecule has 0 aliphatic heterocycles. The summed E-state index contributed by atoms with van der Waals surface area (Å²) in [6, 6.07) is 4.40. The molecule has 1 aromatic heterocycles. The average molecular weight is 259 g/mol. The minimum absolute atomic E-state index is 0.0647. The van der Waals surface area contributed by atoms with Crippen LogP contribution in [0.25, 0.3) is 10.9 Å². The van der Waals surface area contributed by atoms with Gasteiger partial charge in [-0.25, -0.2) is 4.39 Å². The summed E-state index contributed by atoms with van der Waals surface area (Å²) in [5.74, 6) is -1.23. The van der Waals surface area contributed by atoms with Gasteiger partial charge < -0.3 is 5.11 Å². The average Bonchev–Trinajstić information content (AvgIpc) is 2.39. The number of carboxylic acid groups (broad SMARTS) is 1. The van der Waals surface area contributed by atoms with Gasteiger partial charge in [0.1, 0.15) is 5.82 Å². The van der Waals surface area contributed by atoms with Crippen LogP contribution in [0.15, 0.2) is 18.2 Å². The number of carboxylic acids is 1. The number of pyridine rings is 1. The standard InChI is InChI=1S/C15H14FNO2/c16-9-5-6-14-12(7-9)11(8-15(18)19)10-3-1-2-4-13(10)17-14/h5-7H,1-4,8H2,(H,18,19). The first kappa shape index (κ1) is 12.1. The lowest BCUT2D eigenvalue weighted by atomic mass is 9.88. The van der Waals surface area contributed by atoms with E-state index in [2.05, 4.69) is 4.98 Å². The third-order valence-electron chi connectivity index (χ3n) is 3.67. The van der Waals surface area contributed by atoms with Crippen molar-refractivity contribution in [3.05, 3.63) is 40.8 Å². The number of carbonyl (C=O) groups is 1. The Morgan fingerprint density at radius 1 is 1.32 bits per heavy atom. The SMILES string of the molecule is O=C(O)Cc1c2c(nc3ccc(F)cc13)CCCC2. The van der Waals surface area contributed by atoms with Gasteiger partial charge in [-0.05, 0) is 55.0 Å². The number of aromatic nitrogens is 1. The predicted molar refractivity (Wildman–Crippen MR) is 69.7 cm³/mol. The second-order valence-electron chi connectivity index (χ2n) is 4.95. The molecule has 3 rings (SSSR count). The summed E-state index contributed by atoms with van der Waals surface area (Å²) in [6.07, 6.45) is 3.79. The lowest BCUT2D eigenvalue weighted by Crippen LogP contribution is -2.13. The van der Waals surface area contributed by atoms with Crippen molar-refractivity contribution in [2.45, 2.75) is 32.1 Å². The third kappa shape index (κ3) is 2.18. The minimum Gasteiger partial charge on any atom is -0.481 e. The van der Waals surface area contributed by atoms with E-state index < -0.39 is 5.97 Å². The van der Waals surface area contributed by atoms with Gasteiger partial charge in [-0.3, -0.25) is 9.78 Å². The largest absolute Gasteiger partial charge is 0.481 e. The van der Waals surface area contributed by atoms with E-state index in [9.17, 15) is 9.18 Å². The molecule has 19 heavy (non-hydrogen) atoms. The Morgan fingerprint density at radius 3 is 2.89 bits per heavy atom. The van der Waals surface area contributed by atoms with Gasteiger partial charge >= 0.3 is 5.97 Å². The molecule has 98 valence electrons. The lowest BCUT2D eigenvalue weighted by Gasteiger charge is -2.20. The highest BCUT2D eigenvalue weighted by molar-refractivity contribution is 5.87. The first-order chi connectivity index (χ1) is 9.15. The Balaban J connectivity index is 2.30. The number of aliphatic carboxylic acids is 1. The van der Waals surface area contributed by atoms with Crippen LogP contribution in [0, 0.1) is 5.82 Å². The van der Waals surface area contributed by atoms with Crippen LogP contribution >= 0.6 is 0 Å². The van der Waals surface area contributed by atoms with Crippen LogP contribution in [0.2, 0.25) is 0 Å². The maximum atomic E-state index is 13.4. The van der Waals surface area contributed by atoms with Crippen molar-refractivity contribution < 1.29 is 14.3 Å². The maximum absolute atomic E-state index is 13.4. The summed E-state index contributed by atoms with van der Waals surface area (Å²) in [5.41, 5.74) is 3.44. The molecule has 1 aliphatic carbocycles. The van der Waals surface area contributed by atoms with Crippen molar-refractivity contribution >= 4 is 16.9 Å². The molecule has 0 saturated carbocycles. The van der Waals surface area contributed by atoms with E-state index in [-0.39, 0.29) is 12.2 Å². The van der Waals surface area contributed by atoms with E-state index in [4.69, 9.17) is 5.11 Å². The summed E-state index contributed by atoms with van der Waals surface area (Å²) >= 11 is 0. The molecule has 0 unspecified atom stereocenters. The van der Waals surface area contributed by atoms with Crippen LogP contribution in [0.5, 0.6) is 0 Å². The van der Waals surface area contributed by atoms with Crippen LogP contribution in [0.1, 0.15) is 29.7 Å². The Kier molecular flexibility index (Phi) is 2.93. The minimum atomic E-state index is -0.885. The summed E-state index contributed by atoms with van der Waals surface area (Å²) in [7, 11) is 0. The van der Waals surface area contributed by atoms with E-state index in [0.29, 0.717) is 10.9 Å². The monoisotopic (exact) mass is 259 g/mol. The Morgan fingerprint density at radius 2 is 2.11 bits per heavy atom.